The van der Waals surface area contributed by atoms with Gasteiger partial charge in [-0.2, -0.15) is 0 Å². The quantitative estimate of drug-likeness (QED) is 0.646. The average molecular weight is 169 g/mol. The number of carbonyl (C=O) groups excluding carboxylic acids is 1. The zero-order chi connectivity index (χ0) is 9.35. The maximum Gasteiger partial charge on any atom is 0.146 e. The van der Waals surface area contributed by atoms with Gasteiger partial charge in [0.05, 0.1) is 6.04 Å². The zero-order valence-corrected chi connectivity index (χ0v) is 8.48. The largest absolute Gasteiger partial charge is 0.307 e. The van der Waals surface area contributed by atoms with Gasteiger partial charge in [0.2, 0.25) is 0 Å². The van der Waals surface area contributed by atoms with Crippen molar-refractivity contribution in [2.75, 3.05) is 6.54 Å². The summed E-state index contributed by atoms with van der Waals surface area (Å²) in [6.07, 6.45) is 1.01. The molecule has 1 N–H and O–H groups in total. The predicted octanol–water partition coefficient (Wildman–Crippen LogP) is 1.60. The number of rotatable bonds is 1. The van der Waals surface area contributed by atoms with Crippen LogP contribution in [-0.2, 0) is 4.79 Å². The fourth-order valence-electron chi connectivity index (χ4n) is 1.71. The zero-order valence-electron chi connectivity index (χ0n) is 8.48. The maximum absolute atomic E-state index is 11.1. The van der Waals surface area contributed by atoms with E-state index >= 15 is 0 Å². The molecule has 2 atom stereocenters. The molecular weight excluding hydrogens is 150 g/mol. The molecule has 1 fully saturated rings. The molecule has 0 saturated carbocycles. The van der Waals surface area contributed by atoms with Crippen molar-refractivity contribution < 1.29 is 4.79 Å². The van der Waals surface area contributed by atoms with Crippen LogP contribution in [0.1, 0.15) is 34.1 Å². The normalized spacial score (nSPS) is 30.7. The van der Waals surface area contributed by atoms with Gasteiger partial charge in [0.1, 0.15) is 5.78 Å². The van der Waals surface area contributed by atoms with Gasteiger partial charge in [-0.3, -0.25) is 4.79 Å². The van der Waals surface area contributed by atoms with Crippen molar-refractivity contribution in [3.05, 3.63) is 0 Å². The molecule has 0 spiro atoms. The molecule has 1 aliphatic heterocycles. The number of Topliss-reactive ketones (excluding diaryl/α,β-unsaturated/α-hetero) is 1. The highest BCUT2D eigenvalue weighted by molar-refractivity contribution is 5.81. The van der Waals surface area contributed by atoms with E-state index in [1.165, 1.54) is 0 Å². The molecule has 2 heteroatoms. The van der Waals surface area contributed by atoms with E-state index in [-0.39, 0.29) is 11.8 Å². The summed E-state index contributed by atoms with van der Waals surface area (Å²) in [6.45, 7) is 9.38. The Morgan fingerprint density at radius 1 is 1.42 bits per heavy atom. The van der Waals surface area contributed by atoms with Gasteiger partial charge in [-0.05, 0) is 31.2 Å². The van der Waals surface area contributed by atoms with E-state index in [0.29, 0.717) is 11.3 Å². The second-order valence-corrected chi connectivity index (χ2v) is 4.87. The van der Waals surface area contributed by atoms with Gasteiger partial charge in [-0.15, -0.1) is 0 Å². The summed E-state index contributed by atoms with van der Waals surface area (Å²) >= 11 is 0. The van der Waals surface area contributed by atoms with Crippen molar-refractivity contribution in [2.45, 2.75) is 40.2 Å². The lowest BCUT2D eigenvalue weighted by molar-refractivity contribution is -0.118. The van der Waals surface area contributed by atoms with Crippen LogP contribution >= 0.6 is 0 Å². The third kappa shape index (κ3) is 2.07. The summed E-state index contributed by atoms with van der Waals surface area (Å²) in [6, 6.07) is 0.120. The Kier molecular flexibility index (Phi) is 2.57. The van der Waals surface area contributed by atoms with Gasteiger partial charge in [0, 0.05) is 0 Å². The molecule has 0 aromatic heterocycles. The molecule has 1 heterocycles. The molecule has 0 aromatic rings. The van der Waals surface area contributed by atoms with Crippen LogP contribution in [0.3, 0.4) is 0 Å². The van der Waals surface area contributed by atoms with Crippen molar-refractivity contribution in [3.63, 3.8) is 0 Å². The lowest BCUT2D eigenvalue weighted by atomic mass is 9.79. The highest BCUT2D eigenvalue weighted by Crippen LogP contribution is 2.32. The molecule has 1 unspecified atom stereocenters. The van der Waals surface area contributed by atoms with E-state index in [1.807, 2.05) is 0 Å². The van der Waals surface area contributed by atoms with Crippen molar-refractivity contribution in [1.82, 2.24) is 5.32 Å². The van der Waals surface area contributed by atoms with E-state index in [4.69, 9.17) is 0 Å². The number of carbonyl (C=O) groups is 1. The summed E-state index contributed by atoms with van der Waals surface area (Å²) < 4.78 is 0. The summed E-state index contributed by atoms with van der Waals surface area (Å²) in [4.78, 5) is 11.1. The highest BCUT2D eigenvalue weighted by atomic mass is 16.1. The first-order valence-corrected chi connectivity index (χ1v) is 4.65. The lowest BCUT2D eigenvalue weighted by Gasteiger charge is -2.25. The molecule has 1 aliphatic rings. The van der Waals surface area contributed by atoms with Crippen molar-refractivity contribution >= 4 is 5.78 Å². The van der Waals surface area contributed by atoms with Gasteiger partial charge < -0.3 is 5.32 Å². The highest BCUT2D eigenvalue weighted by Gasteiger charge is 2.34. The molecule has 12 heavy (non-hydrogen) atoms. The van der Waals surface area contributed by atoms with Gasteiger partial charge in [0.25, 0.3) is 0 Å². The van der Waals surface area contributed by atoms with E-state index in [2.05, 4.69) is 26.1 Å². The van der Waals surface area contributed by atoms with Gasteiger partial charge in [-0.1, -0.05) is 20.8 Å². The Balaban J connectivity index is 2.51. The third-order valence-corrected chi connectivity index (χ3v) is 2.85. The summed E-state index contributed by atoms with van der Waals surface area (Å²) in [5, 5.41) is 3.26. The monoisotopic (exact) mass is 169 g/mol. The molecule has 0 aliphatic carbocycles. The Morgan fingerprint density at radius 2 is 2.00 bits per heavy atom. The molecule has 0 amide bonds. The van der Waals surface area contributed by atoms with Crippen molar-refractivity contribution in [1.29, 1.82) is 0 Å². The Morgan fingerprint density at radius 3 is 2.25 bits per heavy atom. The topological polar surface area (TPSA) is 29.1 Å². The summed E-state index contributed by atoms with van der Waals surface area (Å²) in [5.41, 5.74) is 0.331. The van der Waals surface area contributed by atoms with E-state index in [1.54, 1.807) is 6.92 Å². The lowest BCUT2D eigenvalue weighted by Crippen LogP contribution is -2.28. The van der Waals surface area contributed by atoms with Crippen LogP contribution in [0.5, 0.6) is 0 Å². The fourth-order valence-corrected chi connectivity index (χ4v) is 1.71. The number of hydrogen-bond acceptors (Lipinski definition) is 2. The van der Waals surface area contributed by atoms with E-state index in [9.17, 15) is 4.79 Å². The first-order valence-electron chi connectivity index (χ1n) is 4.65. The first-order chi connectivity index (χ1) is 5.41. The Bertz CT molecular complexity index is 181. The van der Waals surface area contributed by atoms with Gasteiger partial charge in [0.15, 0.2) is 0 Å². The second kappa shape index (κ2) is 3.17. The SMILES string of the molecule is CC(=O)[C@@H]1CC(C(C)(C)C)CN1. The minimum Gasteiger partial charge on any atom is -0.307 e. The minimum atomic E-state index is 0.120. The average Bonchev–Trinajstić information content (AvgIpc) is 2.30. The molecule has 0 bridgehead atoms. The first kappa shape index (κ1) is 9.72. The smallest absolute Gasteiger partial charge is 0.146 e. The maximum atomic E-state index is 11.1. The molecule has 1 saturated heterocycles. The molecule has 0 radical (unpaired) electrons. The number of hydrogen-bond donors (Lipinski definition) is 1. The third-order valence-electron chi connectivity index (χ3n) is 2.85. The fraction of sp³-hybridized carbons (Fsp3) is 0.900. The van der Waals surface area contributed by atoms with Gasteiger partial charge in [-0.25, -0.2) is 0 Å². The minimum absolute atomic E-state index is 0.120. The van der Waals surface area contributed by atoms with Crippen LogP contribution in [0.2, 0.25) is 0 Å². The molecular formula is C10H19NO. The molecule has 0 aromatic carbocycles. The molecule has 2 nitrogen and oxygen atoms in total. The molecule has 1 rings (SSSR count). The van der Waals surface area contributed by atoms with E-state index in [0.717, 1.165) is 13.0 Å². The summed E-state index contributed by atoms with van der Waals surface area (Å²) in [5.74, 6) is 0.924. The predicted molar refractivity (Wildman–Crippen MR) is 50.0 cm³/mol. The molecule has 70 valence electrons. The van der Waals surface area contributed by atoms with Crippen molar-refractivity contribution in [2.24, 2.45) is 11.3 Å². The van der Waals surface area contributed by atoms with Crippen LogP contribution in [0.15, 0.2) is 0 Å². The Hall–Kier alpha value is -0.370. The number of ketones is 1. The van der Waals surface area contributed by atoms with Crippen LogP contribution in [0.25, 0.3) is 0 Å². The number of nitrogens with one attached hydrogen (secondary N) is 1. The summed E-state index contributed by atoms with van der Waals surface area (Å²) in [7, 11) is 0. The Labute approximate surface area is 74.7 Å². The van der Waals surface area contributed by atoms with Gasteiger partial charge >= 0.3 is 0 Å². The second-order valence-electron chi connectivity index (χ2n) is 4.87. The van der Waals surface area contributed by atoms with Crippen LogP contribution in [0.4, 0.5) is 0 Å². The van der Waals surface area contributed by atoms with Crippen LogP contribution in [-0.4, -0.2) is 18.4 Å². The standard InChI is InChI=1S/C10H19NO/c1-7(12)9-5-8(6-11-9)10(2,3)4/h8-9,11H,5-6H2,1-4H3/t8?,9-/m0/s1. The van der Waals surface area contributed by atoms with E-state index < -0.39 is 0 Å². The van der Waals surface area contributed by atoms with Crippen LogP contribution in [0, 0.1) is 11.3 Å². The van der Waals surface area contributed by atoms with Crippen molar-refractivity contribution in [3.8, 4) is 0 Å². The van der Waals surface area contributed by atoms with Crippen LogP contribution < -0.4 is 5.32 Å².